The van der Waals surface area contributed by atoms with Crippen LogP contribution >= 0.6 is 0 Å². The van der Waals surface area contributed by atoms with Crippen molar-refractivity contribution in [3.8, 4) is 0 Å². The highest BCUT2D eigenvalue weighted by Gasteiger charge is 2.26. The molecule has 1 N–H and O–H groups in total. The molecule has 0 bridgehead atoms. The standard InChI is InChI=1S/C17H22N2O/c1-12(2)19-11-18-10-16(19)17(20)15-9-4-3-8-14(15)13-6-5-7-13/h3-4,8-13,17,20H,5-7H2,1-2H3. The van der Waals surface area contributed by atoms with Gasteiger partial charge in [-0.25, -0.2) is 4.98 Å². The summed E-state index contributed by atoms with van der Waals surface area (Å²) in [6.45, 7) is 4.21. The number of hydrogen-bond acceptors (Lipinski definition) is 2. The van der Waals surface area contributed by atoms with E-state index in [4.69, 9.17) is 0 Å². The highest BCUT2D eigenvalue weighted by molar-refractivity contribution is 5.36. The Morgan fingerprint density at radius 1 is 1.25 bits per heavy atom. The van der Waals surface area contributed by atoms with Crippen LogP contribution < -0.4 is 0 Å². The van der Waals surface area contributed by atoms with Crippen LogP contribution in [0.4, 0.5) is 0 Å². The van der Waals surface area contributed by atoms with Crippen molar-refractivity contribution >= 4 is 0 Å². The summed E-state index contributed by atoms with van der Waals surface area (Å²) in [5.74, 6) is 0.622. The Morgan fingerprint density at radius 3 is 2.65 bits per heavy atom. The average molecular weight is 270 g/mol. The van der Waals surface area contributed by atoms with E-state index >= 15 is 0 Å². The summed E-state index contributed by atoms with van der Waals surface area (Å²) in [5, 5.41) is 10.8. The molecule has 1 aliphatic carbocycles. The first-order valence-corrected chi connectivity index (χ1v) is 7.47. The number of nitrogens with zero attached hydrogens (tertiary/aromatic N) is 2. The molecule has 3 rings (SSSR count). The van der Waals surface area contributed by atoms with Crippen LogP contribution in [0.2, 0.25) is 0 Å². The fourth-order valence-electron chi connectivity index (χ4n) is 2.97. The third kappa shape index (κ3) is 2.27. The van der Waals surface area contributed by atoms with Gasteiger partial charge in [-0.3, -0.25) is 0 Å². The zero-order chi connectivity index (χ0) is 14.1. The quantitative estimate of drug-likeness (QED) is 0.917. The normalized spacial score (nSPS) is 17.2. The second kappa shape index (κ2) is 5.41. The number of aromatic nitrogens is 2. The van der Waals surface area contributed by atoms with E-state index in [1.54, 1.807) is 12.5 Å². The molecule has 2 aromatic rings. The topological polar surface area (TPSA) is 38.0 Å². The Morgan fingerprint density at radius 2 is 2.00 bits per heavy atom. The fraction of sp³-hybridized carbons (Fsp3) is 0.471. The molecule has 1 aliphatic rings. The summed E-state index contributed by atoms with van der Waals surface area (Å²) in [6, 6.07) is 8.60. The van der Waals surface area contributed by atoms with Crippen LogP contribution in [0.15, 0.2) is 36.8 Å². The first kappa shape index (κ1) is 13.4. The number of benzene rings is 1. The fourth-order valence-corrected chi connectivity index (χ4v) is 2.97. The molecule has 1 heterocycles. The first-order chi connectivity index (χ1) is 9.68. The molecule has 0 spiro atoms. The van der Waals surface area contributed by atoms with Gasteiger partial charge in [0.25, 0.3) is 0 Å². The van der Waals surface area contributed by atoms with Crippen LogP contribution in [-0.2, 0) is 0 Å². The molecule has 1 saturated carbocycles. The SMILES string of the molecule is CC(C)n1cncc1C(O)c1ccccc1C1CCC1. The molecule has 1 aromatic carbocycles. The van der Waals surface area contributed by atoms with Gasteiger partial charge >= 0.3 is 0 Å². The van der Waals surface area contributed by atoms with Crippen LogP contribution in [0.3, 0.4) is 0 Å². The maximum atomic E-state index is 10.8. The third-order valence-electron chi connectivity index (χ3n) is 4.37. The molecule has 0 saturated heterocycles. The van der Waals surface area contributed by atoms with Gasteiger partial charge in [-0.2, -0.15) is 0 Å². The Hall–Kier alpha value is -1.61. The summed E-state index contributed by atoms with van der Waals surface area (Å²) in [4.78, 5) is 4.20. The molecule has 0 amide bonds. The van der Waals surface area contributed by atoms with E-state index in [1.807, 2.05) is 10.6 Å². The van der Waals surface area contributed by atoms with Crippen LogP contribution in [0.1, 0.15) is 68.0 Å². The van der Waals surface area contributed by atoms with Gasteiger partial charge in [0.15, 0.2) is 0 Å². The highest BCUT2D eigenvalue weighted by atomic mass is 16.3. The van der Waals surface area contributed by atoms with E-state index in [2.05, 4.69) is 37.0 Å². The molecule has 1 fully saturated rings. The Labute approximate surface area is 120 Å². The van der Waals surface area contributed by atoms with Crippen molar-refractivity contribution in [2.75, 3.05) is 0 Å². The van der Waals surface area contributed by atoms with E-state index in [9.17, 15) is 5.11 Å². The minimum absolute atomic E-state index is 0.304. The van der Waals surface area contributed by atoms with Gasteiger partial charge in [-0.05, 0) is 43.7 Å². The lowest BCUT2D eigenvalue weighted by molar-refractivity contribution is 0.205. The molecule has 3 nitrogen and oxygen atoms in total. The first-order valence-electron chi connectivity index (χ1n) is 7.47. The lowest BCUT2D eigenvalue weighted by Gasteiger charge is -2.29. The van der Waals surface area contributed by atoms with E-state index < -0.39 is 6.10 Å². The maximum Gasteiger partial charge on any atom is 0.121 e. The summed E-state index contributed by atoms with van der Waals surface area (Å²) in [5.41, 5.74) is 3.23. The predicted octanol–water partition coefficient (Wildman–Crippen LogP) is 3.81. The van der Waals surface area contributed by atoms with Gasteiger partial charge in [0.1, 0.15) is 6.10 Å². The Balaban J connectivity index is 1.97. The Bertz CT molecular complexity index is 584. The number of hydrogen-bond donors (Lipinski definition) is 1. The van der Waals surface area contributed by atoms with Crippen LogP contribution in [0, 0.1) is 0 Å². The molecule has 1 aromatic heterocycles. The molecule has 0 aliphatic heterocycles. The summed E-state index contributed by atoms with van der Waals surface area (Å²) in [6.07, 6.45) is 6.79. The van der Waals surface area contributed by atoms with Crippen molar-refractivity contribution in [1.29, 1.82) is 0 Å². The van der Waals surface area contributed by atoms with Crippen LogP contribution in [0.25, 0.3) is 0 Å². The Kier molecular flexibility index (Phi) is 3.62. The molecule has 20 heavy (non-hydrogen) atoms. The maximum absolute atomic E-state index is 10.8. The van der Waals surface area contributed by atoms with Crippen LogP contribution in [0.5, 0.6) is 0 Å². The molecular weight excluding hydrogens is 248 g/mol. The van der Waals surface area contributed by atoms with E-state index in [-0.39, 0.29) is 0 Å². The zero-order valence-corrected chi connectivity index (χ0v) is 12.2. The second-order valence-electron chi connectivity index (χ2n) is 5.98. The molecule has 1 unspecified atom stereocenters. The highest BCUT2D eigenvalue weighted by Crippen LogP contribution is 2.40. The second-order valence-corrected chi connectivity index (χ2v) is 5.98. The lowest BCUT2D eigenvalue weighted by Crippen LogP contribution is -2.15. The van der Waals surface area contributed by atoms with Crippen molar-refractivity contribution < 1.29 is 5.11 Å². The van der Waals surface area contributed by atoms with E-state index in [0.29, 0.717) is 12.0 Å². The minimum Gasteiger partial charge on any atom is -0.382 e. The largest absolute Gasteiger partial charge is 0.382 e. The predicted molar refractivity (Wildman–Crippen MR) is 79.7 cm³/mol. The van der Waals surface area contributed by atoms with Crippen molar-refractivity contribution in [3.63, 3.8) is 0 Å². The third-order valence-corrected chi connectivity index (χ3v) is 4.37. The number of imidazole rings is 1. The molecule has 106 valence electrons. The average Bonchev–Trinajstić information content (AvgIpc) is 2.86. The van der Waals surface area contributed by atoms with Gasteiger partial charge in [0.2, 0.25) is 0 Å². The monoisotopic (exact) mass is 270 g/mol. The van der Waals surface area contributed by atoms with Crippen molar-refractivity contribution in [2.24, 2.45) is 0 Å². The van der Waals surface area contributed by atoms with E-state index in [1.165, 1.54) is 24.8 Å². The van der Waals surface area contributed by atoms with Gasteiger partial charge in [-0.1, -0.05) is 30.7 Å². The van der Waals surface area contributed by atoms with Crippen molar-refractivity contribution in [1.82, 2.24) is 9.55 Å². The number of aliphatic hydroxyl groups excluding tert-OH is 1. The smallest absolute Gasteiger partial charge is 0.121 e. The summed E-state index contributed by atoms with van der Waals surface area (Å²) < 4.78 is 2.04. The van der Waals surface area contributed by atoms with Gasteiger partial charge < -0.3 is 9.67 Å². The van der Waals surface area contributed by atoms with Crippen molar-refractivity contribution in [3.05, 3.63) is 53.6 Å². The lowest BCUT2D eigenvalue weighted by atomic mass is 9.77. The minimum atomic E-state index is -0.586. The summed E-state index contributed by atoms with van der Waals surface area (Å²) >= 11 is 0. The van der Waals surface area contributed by atoms with Crippen molar-refractivity contribution in [2.45, 2.75) is 51.2 Å². The van der Waals surface area contributed by atoms with Gasteiger partial charge in [-0.15, -0.1) is 0 Å². The van der Waals surface area contributed by atoms with Gasteiger partial charge in [0.05, 0.1) is 18.2 Å². The van der Waals surface area contributed by atoms with Crippen LogP contribution in [-0.4, -0.2) is 14.7 Å². The van der Waals surface area contributed by atoms with E-state index in [0.717, 1.165) is 11.3 Å². The molecular formula is C17H22N2O. The summed E-state index contributed by atoms with van der Waals surface area (Å²) in [7, 11) is 0. The number of rotatable bonds is 4. The zero-order valence-electron chi connectivity index (χ0n) is 12.2. The molecule has 1 atom stereocenters. The molecule has 0 radical (unpaired) electrons. The van der Waals surface area contributed by atoms with Gasteiger partial charge in [0, 0.05) is 6.04 Å². The molecule has 3 heteroatoms. The number of aliphatic hydroxyl groups is 1.